The number of anilines is 1. The number of ether oxygens (including phenoxy) is 3. The second-order valence-electron chi connectivity index (χ2n) is 5.30. The molecule has 2 aromatic rings. The van der Waals surface area contributed by atoms with E-state index in [-0.39, 0.29) is 11.8 Å². The van der Waals surface area contributed by atoms with Gasteiger partial charge in [0.1, 0.15) is 5.82 Å². The van der Waals surface area contributed by atoms with Crippen LogP contribution in [0.5, 0.6) is 17.2 Å². The highest BCUT2D eigenvalue weighted by molar-refractivity contribution is 5.94. The first-order valence-corrected chi connectivity index (χ1v) is 7.21. The predicted molar refractivity (Wildman–Crippen MR) is 84.4 cm³/mol. The number of fused-ring (bicyclic) bond motifs is 1. The molecule has 1 aromatic heterocycles. The Morgan fingerprint density at radius 2 is 1.87 bits per heavy atom. The molecule has 0 saturated carbocycles. The molecule has 2 heterocycles. The summed E-state index contributed by atoms with van der Waals surface area (Å²) in [6.45, 7) is 0. The topological polar surface area (TPSA) is 74.6 Å². The molecule has 1 amide bonds. The molecule has 0 unspecified atom stereocenters. The average molecular weight is 317 g/mol. The van der Waals surface area contributed by atoms with Crippen molar-refractivity contribution < 1.29 is 19.0 Å². The molecular weight excluding hydrogens is 298 g/mol. The number of nitrogens with zero attached hydrogens (tertiary/aromatic N) is 2. The number of amides is 1. The van der Waals surface area contributed by atoms with Crippen LogP contribution in [0.4, 0.5) is 5.82 Å². The molecule has 7 nitrogen and oxygen atoms in total. The molecule has 0 aliphatic carbocycles. The number of hydrogen-bond acceptors (Lipinski definition) is 5. The van der Waals surface area contributed by atoms with Crippen molar-refractivity contribution in [3.8, 4) is 17.2 Å². The van der Waals surface area contributed by atoms with E-state index in [1.54, 1.807) is 39.3 Å². The van der Waals surface area contributed by atoms with Gasteiger partial charge < -0.3 is 19.5 Å². The van der Waals surface area contributed by atoms with Gasteiger partial charge in [0.25, 0.3) is 0 Å². The van der Waals surface area contributed by atoms with E-state index in [4.69, 9.17) is 14.2 Å². The van der Waals surface area contributed by atoms with Crippen molar-refractivity contribution >= 4 is 11.7 Å². The summed E-state index contributed by atoms with van der Waals surface area (Å²) in [5.41, 5.74) is 1.83. The summed E-state index contributed by atoms with van der Waals surface area (Å²) in [4.78, 5) is 12.1. The first-order chi connectivity index (χ1) is 11.1. The largest absolute Gasteiger partial charge is 0.493 e. The van der Waals surface area contributed by atoms with Gasteiger partial charge in [0.05, 0.1) is 27.5 Å². The van der Waals surface area contributed by atoms with Crippen LogP contribution in [0.3, 0.4) is 0 Å². The molecule has 0 spiro atoms. The van der Waals surface area contributed by atoms with Crippen molar-refractivity contribution in [1.82, 2.24) is 9.78 Å². The molecule has 3 rings (SSSR count). The molecule has 7 heteroatoms. The maximum atomic E-state index is 12.1. The van der Waals surface area contributed by atoms with Crippen LogP contribution < -0.4 is 19.5 Å². The van der Waals surface area contributed by atoms with Gasteiger partial charge in [-0.05, 0) is 6.07 Å². The average Bonchev–Trinajstić information content (AvgIpc) is 2.93. The summed E-state index contributed by atoms with van der Waals surface area (Å²) < 4.78 is 18.0. The molecule has 0 saturated heterocycles. The maximum absolute atomic E-state index is 12.1. The number of carbonyl (C=O) groups is 1. The fourth-order valence-electron chi connectivity index (χ4n) is 3.02. The van der Waals surface area contributed by atoms with Crippen molar-refractivity contribution in [3.05, 3.63) is 29.5 Å². The quantitative estimate of drug-likeness (QED) is 0.932. The molecular formula is C16H19N3O4. The number of carbonyl (C=O) groups excluding carboxylic acids is 1. The highest BCUT2D eigenvalue weighted by Gasteiger charge is 2.32. The summed E-state index contributed by atoms with van der Waals surface area (Å²) >= 11 is 0. The molecule has 1 atom stereocenters. The van der Waals surface area contributed by atoms with E-state index in [9.17, 15) is 4.79 Å². The van der Waals surface area contributed by atoms with Crippen molar-refractivity contribution in [2.45, 2.75) is 12.3 Å². The minimum atomic E-state index is -0.151. The Kier molecular flexibility index (Phi) is 3.85. The zero-order valence-corrected chi connectivity index (χ0v) is 13.5. The number of methoxy groups -OCH3 is 3. The molecule has 1 aliphatic heterocycles. The van der Waals surface area contributed by atoms with E-state index >= 15 is 0 Å². The van der Waals surface area contributed by atoms with Crippen molar-refractivity contribution in [2.24, 2.45) is 7.05 Å². The van der Waals surface area contributed by atoms with Gasteiger partial charge in [0, 0.05) is 30.5 Å². The number of rotatable bonds is 4. The molecule has 1 aliphatic rings. The Labute approximate surface area is 134 Å². The van der Waals surface area contributed by atoms with E-state index in [0.717, 1.165) is 11.1 Å². The standard InChI is InChI=1S/C16H19N3O4/c1-19-16-11(8-17-19)10(7-13(20)18-16)9-5-6-12(21-2)15(23-4)14(9)22-3/h5-6,8,10H,7H2,1-4H3,(H,18,20)/t10-/m0/s1. The Hall–Kier alpha value is -2.70. The van der Waals surface area contributed by atoms with Gasteiger partial charge in [-0.15, -0.1) is 0 Å². The third kappa shape index (κ3) is 2.38. The van der Waals surface area contributed by atoms with Crippen molar-refractivity contribution in [1.29, 1.82) is 0 Å². The summed E-state index contributed by atoms with van der Waals surface area (Å²) in [6.07, 6.45) is 2.10. The van der Waals surface area contributed by atoms with Crippen molar-refractivity contribution in [3.63, 3.8) is 0 Å². The third-order valence-electron chi connectivity index (χ3n) is 4.10. The molecule has 1 N–H and O–H groups in total. The summed E-state index contributed by atoms with van der Waals surface area (Å²) in [5, 5.41) is 7.11. The Morgan fingerprint density at radius 3 is 2.52 bits per heavy atom. The van der Waals surface area contributed by atoms with Crippen LogP contribution in [0.1, 0.15) is 23.5 Å². The van der Waals surface area contributed by atoms with Crippen LogP contribution in [0.15, 0.2) is 18.3 Å². The van der Waals surface area contributed by atoms with Gasteiger partial charge in [-0.25, -0.2) is 0 Å². The zero-order valence-electron chi connectivity index (χ0n) is 13.5. The molecule has 0 radical (unpaired) electrons. The highest BCUT2D eigenvalue weighted by Crippen LogP contribution is 2.47. The lowest BCUT2D eigenvalue weighted by Gasteiger charge is -2.25. The lowest BCUT2D eigenvalue weighted by molar-refractivity contribution is -0.116. The van der Waals surface area contributed by atoms with Crippen LogP contribution in [-0.4, -0.2) is 37.0 Å². The summed E-state index contributed by atoms with van der Waals surface area (Å²) in [5.74, 6) is 2.18. The van der Waals surface area contributed by atoms with Gasteiger partial charge >= 0.3 is 0 Å². The van der Waals surface area contributed by atoms with Crippen LogP contribution in [0.2, 0.25) is 0 Å². The number of benzene rings is 1. The van der Waals surface area contributed by atoms with Gasteiger partial charge in [0.15, 0.2) is 11.5 Å². The molecule has 1 aromatic carbocycles. The number of aromatic nitrogens is 2. The monoisotopic (exact) mass is 317 g/mol. The maximum Gasteiger partial charge on any atom is 0.226 e. The first-order valence-electron chi connectivity index (χ1n) is 7.21. The van der Waals surface area contributed by atoms with Gasteiger partial charge in [-0.1, -0.05) is 6.07 Å². The highest BCUT2D eigenvalue weighted by atomic mass is 16.5. The van der Waals surface area contributed by atoms with E-state index in [0.29, 0.717) is 29.5 Å². The molecule has 122 valence electrons. The molecule has 0 bridgehead atoms. The molecule has 23 heavy (non-hydrogen) atoms. The van der Waals surface area contributed by atoms with Gasteiger partial charge in [-0.2, -0.15) is 5.10 Å². The number of aryl methyl sites for hydroxylation is 1. The lowest BCUT2D eigenvalue weighted by atomic mass is 9.86. The van der Waals surface area contributed by atoms with Crippen LogP contribution >= 0.6 is 0 Å². The number of hydrogen-bond donors (Lipinski definition) is 1. The second kappa shape index (κ2) is 5.83. The smallest absolute Gasteiger partial charge is 0.226 e. The van der Waals surface area contributed by atoms with E-state index in [1.165, 1.54) is 0 Å². The van der Waals surface area contributed by atoms with Gasteiger partial charge in [0.2, 0.25) is 11.7 Å². The fourth-order valence-corrected chi connectivity index (χ4v) is 3.02. The van der Waals surface area contributed by atoms with E-state index in [1.807, 2.05) is 12.1 Å². The summed E-state index contributed by atoms with van der Waals surface area (Å²) in [7, 11) is 6.51. The van der Waals surface area contributed by atoms with Gasteiger partial charge in [-0.3, -0.25) is 9.48 Å². The third-order valence-corrected chi connectivity index (χ3v) is 4.10. The lowest BCUT2D eigenvalue weighted by Crippen LogP contribution is -2.24. The minimum absolute atomic E-state index is 0.0528. The predicted octanol–water partition coefficient (Wildman–Crippen LogP) is 1.92. The Morgan fingerprint density at radius 1 is 1.13 bits per heavy atom. The minimum Gasteiger partial charge on any atom is -0.493 e. The second-order valence-corrected chi connectivity index (χ2v) is 5.30. The molecule has 0 fully saturated rings. The SMILES string of the molecule is COc1ccc([C@@H]2CC(=O)Nc3c2cnn3C)c(OC)c1OC. The van der Waals surface area contributed by atoms with Crippen LogP contribution in [0, 0.1) is 0 Å². The van der Waals surface area contributed by atoms with E-state index in [2.05, 4.69) is 10.4 Å². The normalized spacial score (nSPS) is 16.5. The fraction of sp³-hybridized carbons (Fsp3) is 0.375. The Balaban J connectivity index is 2.17. The van der Waals surface area contributed by atoms with Crippen LogP contribution in [0.25, 0.3) is 0 Å². The van der Waals surface area contributed by atoms with Crippen molar-refractivity contribution in [2.75, 3.05) is 26.6 Å². The van der Waals surface area contributed by atoms with E-state index < -0.39 is 0 Å². The van der Waals surface area contributed by atoms with Crippen LogP contribution in [-0.2, 0) is 11.8 Å². The summed E-state index contributed by atoms with van der Waals surface area (Å²) in [6, 6.07) is 3.72. The first kappa shape index (κ1) is 15.2. The number of nitrogens with one attached hydrogen (secondary N) is 1. The Bertz CT molecular complexity index is 754. The zero-order chi connectivity index (χ0) is 16.6.